The number of aromatic nitrogens is 2. The van der Waals surface area contributed by atoms with Crippen LogP contribution in [0.4, 0.5) is 8.78 Å². The Morgan fingerprint density at radius 1 is 0.867 bits per heavy atom. The van der Waals surface area contributed by atoms with Crippen molar-refractivity contribution in [2.45, 2.75) is 0 Å². The van der Waals surface area contributed by atoms with E-state index in [0.717, 1.165) is 5.39 Å². The molecule has 4 nitrogen and oxygen atoms in total. The summed E-state index contributed by atoms with van der Waals surface area (Å²) in [5.74, 6) is -0.810. The number of aromatic amines is 1. The van der Waals surface area contributed by atoms with Gasteiger partial charge in [0.1, 0.15) is 10.7 Å². The Kier molecular flexibility index (Phi) is 9.65. The van der Waals surface area contributed by atoms with Crippen LogP contribution in [-0.4, -0.2) is 14.2 Å². The fourth-order valence-corrected chi connectivity index (χ4v) is 3.07. The maximum atomic E-state index is 13.4. The fraction of sp³-hybridized carbons (Fsp3) is 0. The first-order chi connectivity index (χ1) is 14.1. The van der Waals surface area contributed by atoms with Crippen molar-refractivity contribution in [3.8, 4) is 0 Å². The van der Waals surface area contributed by atoms with E-state index < -0.39 is 15.0 Å². The van der Waals surface area contributed by atoms with E-state index >= 15 is 0 Å². The molecule has 1 N–H and O–H groups in total. The number of halogens is 7. The second kappa shape index (κ2) is 11.5. The molecule has 2 aromatic carbocycles. The van der Waals surface area contributed by atoms with E-state index in [-0.39, 0.29) is 16.9 Å². The number of nitrogens with one attached hydrogen (secondary N) is 1. The van der Waals surface area contributed by atoms with Crippen molar-refractivity contribution in [1.29, 1.82) is 0 Å². The predicted molar refractivity (Wildman–Crippen MR) is 126 cm³/mol. The lowest BCUT2D eigenvalue weighted by molar-refractivity contribution is 0.630. The molecule has 0 unspecified atom stereocenters. The van der Waals surface area contributed by atoms with Crippen LogP contribution in [0.25, 0.3) is 21.8 Å². The normalized spacial score (nSPS) is 10.4. The molecule has 0 aliphatic carbocycles. The molecular weight excluding hydrogens is 612 g/mol. The molecule has 2 aromatic heterocycles. The minimum absolute atomic E-state index is 0.238. The van der Waals surface area contributed by atoms with Crippen molar-refractivity contribution in [3.05, 3.63) is 84.6 Å². The Morgan fingerprint density at radius 3 is 2.00 bits per heavy atom. The Hall–Kier alpha value is -1.10. The van der Waals surface area contributed by atoms with Gasteiger partial charge in [0.2, 0.25) is 14.8 Å². The van der Waals surface area contributed by atoms with Gasteiger partial charge in [0.15, 0.2) is 11.6 Å². The average Bonchev–Trinajstić information content (AvgIpc) is 2.69. The minimum Gasteiger partial charge on any atom is -0.319 e. The van der Waals surface area contributed by atoms with Crippen LogP contribution in [0, 0.1) is 11.6 Å². The van der Waals surface area contributed by atoms with Crippen LogP contribution in [-0.2, 0) is 9.23 Å². The second-order valence-corrected chi connectivity index (χ2v) is 10.0. The molecule has 0 fully saturated rings. The van der Waals surface area contributed by atoms with Crippen LogP contribution in [0.2, 0.25) is 5.15 Å². The third kappa shape index (κ3) is 6.96. The number of pyridine rings is 2. The van der Waals surface area contributed by atoms with Gasteiger partial charge in [-0.05, 0) is 62.2 Å². The first kappa shape index (κ1) is 25.2. The van der Waals surface area contributed by atoms with Gasteiger partial charge in [-0.25, -0.2) is 18.0 Å². The number of rotatable bonds is 0. The first-order valence-electron chi connectivity index (χ1n) is 7.71. The van der Waals surface area contributed by atoms with Gasteiger partial charge < -0.3 is 4.98 Å². The maximum absolute atomic E-state index is 13.4. The maximum Gasteiger partial charge on any atom is 0.248 e. The molecule has 0 saturated heterocycles. The van der Waals surface area contributed by atoms with E-state index in [1.165, 1.54) is 6.07 Å². The second-order valence-electron chi connectivity index (χ2n) is 5.40. The van der Waals surface area contributed by atoms with Crippen LogP contribution in [0.5, 0.6) is 0 Å². The highest BCUT2D eigenvalue weighted by molar-refractivity contribution is 9.10. The van der Waals surface area contributed by atoms with Crippen molar-refractivity contribution in [3.63, 3.8) is 0 Å². The number of nitrogens with zero attached hydrogens (tertiary/aromatic N) is 1. The van der Waals surface area contributed by atoms with Crippen LogP contribution in [0.3, 0.4) is 0 Å². The van der Waals surface area contributed by atoms with Crippen molar-refractivity contribution >= 4 is 95.9 Å². The molecule has 4 rings (SSSR count). The Balaban J connectivity index is 0.000000182. The predicted octanol–water partition coefficient (Wildman–Crippen LogP) is 7.26. The van der Waals surface area contributed by atoms with Gasteiger partial charge >= 0.3 is 0 Å². The molecule has 0 atom stereocenters. The summed E-state index contributed by atoms with van der Waals surface area (Å²) in [7, 11) is 7.36. The van der Waals surface area contributed by atoms with Gasteiger partial charge in [-0.15, -0.1) is 0 Å². The van der Waals surface area contributed by atoms with E-state index in [2.05, 4.69) is 63.2 Å². The van der Waals surface area contributed by atoms with E-state index in [4.69, 9.17) is 15.8 Å². The fourth-order valence-electron chi connectivity index (χ4n) is 2.27. The minimum atomic E-state index is -1.67. The van der Waals surface area contributed by atoms with Crippen LogP contribution in [0.15, 0.2) is 62.3 Å². The molecule has 4 aromatic rings. The molecule has 0 amide bonds. The number of H-pyrrole nitrogens is 1. The Labute approximate surface area is 202 Å². The zero-order valence-electron chi connectivity index (χ0n) is 14.4. The first-order valence-corrected chi connectivity index (χ1v) is 12.5. The van der Waals surface area contributed by atoms with E-state index in [1.54, 1.807) is 42.5 Å². The molecule has 158 valence electrons. The number of benzene rings is 2. The zero-order valence-corrected chi connectivity index (χ0v) is 20.7. The molecule has 0 aliphatic heterocycles. The SMILES string of the molecule is Fc1c(Br)ccc2ccc(Cl)nc12.O=S(Cl)Cl.O=c1ccc2ccc(Br)c(F)c2[nH]1. The summed E-state index contributed by atoms with van der Waals surface area (Å²) in [6.07, 6.45) is 0. The Bertz CT molecular complexity index is 1280. The molecule has 0 radical (unpaired) electrons. The number of hydrogen-bond acceptors (Lipinski definition) is 3. The van der Waals surface area contributed by atoms with E-state index in [9.17, 15) is 13.6 Å². The van der Waals surface area contributed by atoms with Gasteiger partial charge in [-0.1, -0.05) is 23.7 Å². The lowest BCUT2D eigenvalue weighted by Crippen LogP contribution is -2.03. The quantitative estimate of drug-likeness (QED) is 0.166. The topological polar surface area (TPSA) is 62.8 Å². The summed E-state index contributed by atoms with van der Waals surface area (Å²) in [5.41, 5.74) is 0.230. The zero-order chi connectivity index (χ0) is 22.4. The molecule has 2 heterocycles. The number of hydrogen-bond donors (Lipinski definition) is 1. The average molecular weight is 622 g/mol. The summed E-state index contributed by atoms with van der Waals surface area (Å²) < 4.78 is 36.6. The largest absolute Gasteiger partial charge is 0.319 e. The lowest BCUT2D eigenvalue weighted by atomic mass is 10.2. The number of fused-ring (bicyclic) bond motifs is 2. The molecule has 0 bridgehead atoms. The van der Waals surface area contributed by atoms with Gasteiger partial charge in [0.05, 0.1) is 14.5 Å². The highest BCUT2D eigenvalue weighted by atomic mass is 79.9. The molecule has 0 spiro atoms. The smallest absolute Gasteiger partial charge is 0.248 e. The van der Waals surface area contributed by atoms with Crippen molar-refractivity contribution in [2.24, 2.45) is 0 Å². The van der Waals surface area contributed by atoms with Crippen LogP contribution >= 0.6 is 64.8 Å². The Morgan fingerprint density at radius 2 is 1.37 bits per heavy atom. The third-order valence-corrected chi connectivity index (χ3v) is 4.94. The monoisotopic (exact) mass is 618 g/mol. The standard InChI is InChI=1S/C9H4BrClFN.C9H5BrFNO.Cl2OS/c10-6-3-1-5-2-4-7(11)13-9(5)8(6)12;10-6-3-1-5-2-4-7(13)12-9(5)8(6)11;1-4(2)3/h1-4H;1-4H,(H,12,13);. The van der Waals surface area contributed by atoms with Crippen LogP contribution < -0.4 is 5.56 Å². The summed E-state index contributed by atoms with van der Waals surface area (Å²) >= 11 is 11.8. The highest BCUT2D eigenvalue weighted by Gasteiger charge is 2.06. The lowest BCUT2D eigenvalue weighted by Gasteiger charge is -2.00. The van der Waals surface area contributed by atoms with Crippen molar-refractivity contribution in [1.82, 2.24) is 9.97 Å². The molecule has 30 heavy (non-hydrogen) atoms. The van der Waals surface area contributed by atoms with Crippen molar-refractivity contribution < 1.29 is 13.0 Å². The van der Waals surface area contributed by atoms with Crippen molar-refractivity contribution in [2.75, 3.05) is 0 Å². The van der Waals surface area contributed by atoms with Crippen LogP contribution in [0.1, 0.15) is 0 Å². The third-order valence-electron chi connectivity index (χ3n) is 3.51. The summed E-state index contributed by atoms with van der Waals surface area (Å²) in [4.78, 5) is 17.2. The van der Waals surface area contributed by atoms with E-state index in [1.807, 2.05) is 0 Å². The van der Waals surface area contributed by atoms with Gasteiger partial charge in [-0.3, -0.25) is 4.79 Å². The van der Waals surface area contributed by atoms with Gasteiger partial charge in [0.25, 0.3) is 0 Å². The molecule has 12 heteroatoms. The molecular formula is C18H9Br2Cl3F2N2O2S. The summed E-state index contributed by atoms with van der Waals surface area (Å²) in [6.45, 7) is 0. The summed E-state index contributed by atoms with van der Waals surface area (Å²) in [5, 5.41) is 1.72. The summed E-state index contributed by atoms with van der Waals surface area (Å²) in [6, 6.07) is 13.1. The van der Waals surface area contributed by atoms with E-state index in [0.29, 0.717) is 25.0 Å². The highest BCUT2D eigenvalue weighted by Crippen LogP contribution is 2.24. The molecule has 0 aliphatic rings. The van der Waals surface area contributed by atoms with Gasteiger partial charge in [-0.2, -0.15) is 0 Å². The molecule has 0 saturated carbocycles. The van der Waals surface area contributed by atoms with Gasteiger partial charge in [0, 0.05) is 38.2 Å².